The Balaban J connectivity index is 1.65. The van der Waals surface area contributed by atoms with Crippen LogP contribution < -0.4 is 5.32 Å². The molecule has 0 aliphatic heterocycles. The van der Waals surface area contributed by atoms with Crippen LogP contribution in [0.4, 0.5) is 4.79 Å². The van der Waals surface area contributed by atoms with Gasteiger partial charge in [-0.3, -0.25) is 4.79 Å². The van der Waals surface area contributed by atoms with Crippen LogP contribution in [0, 0.1) is 5.92 Å². The average Bonchev–Trinajstić information content (AvgIpc) is 2.94. The normalized spacial score (nSPS) is 13.2. The SMILES string of the molecule is CC(C)Cc1ccc(C(C)C(=O)O[C@H](C)C(NC(=O)OCc2ccccc2)C(=O)OCc2ccccc2)cc1. The molecule has 0 fully saturated rings. The second-order valence-corrected chi connectivity index (χ2v) is 9.98. The maximum absolute atomic E-state index is 13.0. The van der Waals surface area contributed by atoms with E-state index in [0.717, 1.165) is 23.1 Å². The van der Waals surface area contributed by atoms with Gasteiger partial charge in [0.25, 0.3) is 0 Å². The molecule has 7 nitrogen and oxygen atoms in total. The van der Waals surface area contributed by atoms with Crippen molar-refractivity contribution in [2.24, 2.45) is 5.92 Å². The first-order valence-corrected chi connectivity index (χ1v) is 13.2. The summed E-state index contributed by atoms with van der Waals surface area (Å²) < 4.78 is 16.4. The molecule has 2 unspecified atom stereocenters. The topological polar surface area (TPSA) is 90.9 Å². The average molecular weight is 532 g/mol. The van der Waals surface area contributed by atoms with Crippen LogP contribution in [0.25, 0.3) is 0 Å². The minimum absolute atomic E-state index is 0.0106. The Hall–Kier alpha value is -4.13. The van der Waals surface area contributed by atoms with E-state index in [2.05, 4.69) is 19.2 Å². The zero-order chi connectivity index (χ0) is 28.2. The molecule has 0 radical (unpaired) electrons. The number of benzene rings is 3. The summed E-state index contributed by atoms with van der Waals surface area (Å²) in [4.78, 5) is 38.6. The van der Waals surface area contributed by atoms with E-state index < -0.39 is 36.1 Å². The standard InChI is InChI=1S/C32H37NO6/c1-22(2)19-25-15-17-28(18-16-25)23(3)30(34)39-24(4)29(31(35)37-20-26-11-7-5-8-12-26)33-32(36)38-21-27-13-9-6-10-14-27/h5-18,22-24,29H,19-21H2,1-4H3,(H,33,36)/t23?,24-,29?/m1/s1. The first-order valence-electron chi connectivity index (χ1n) is 13.2. The number of nitrogens with one attached hydrogen (secondary N) is 1. The van der Waals surface area contributed by atoms with Gasteiger partial charge in [-0.2, -0.15) is 0 Å². The molecule has 1 amide bonds. The van der Waals surface area contributed by atoms with E-state index in [-0.39, 0.29) is 13.2 Å². The Morgan fingerprint density at radius 2 is 1.21 bits per heavy atom. The maximum atomic E-state index is 13.0. The van der Waals surface area contributed by atoms with Crippen molar-refractivity contribution < 1.29 is 28.6 Å². The molecule has 206 valence electrons. The molecule has 3 aromatic carbocycles. The summed E-state index contributed by atoms with van der Waals surface area (Å²) in [5.74, 6) is -1.28. The van der Waals surface area contributed by atoms with Gasteiger partial charge in [-0.05, 0) is 48.4 Å². The smallest absolute Gasteiger partial charge is 0.408 e. The van der Waals surface area contributed by atoms with Crippen LogP contribution in [0.3, 0.4) is 0 Å². The molecule has 0 aliphatic carbocycles. The lowest BCUT2D eigenvalue weighted by atomic mass is 9.97. The number of alkyl carbamates (subject to hydrolysis) is 1. The van der Waals surface area contributed by atoms with E-state index in [9.17, 15) is 14.4 Å². The summed E-state index contributed by atoms with van der Waals surface area (Å²) in [6.07, 6.45) is -0.875. The lowest BCUT2D eigenvalue weighted by Gasteiger charge is -2.25. The predicted octanol–water partition coefficient (Wildman–Crippen LogP) is 5.96. The second kappa shape index (κ2) is 14.7. The third kappa shape index (κ3) is 9.60. The van der Waals surface area contributed by atoms with Crippen LogP contribution in [-0.4, -0.2) is 30.2 Å². The minimum atomic E-state index is -1.26. The van der Waals surface area contributed by atoms with Crippen molar-refractivity contribution in [1.29, 1.82) is 0 Å². The highest BCUT2D eigenvalue weighted by Crippen LogP contribution is 2.20. The molecular weight excluding hydrogens is 494 g/mol. The molecule has 3 aromatic rings. The fourth-order valence-corrected chi connectivity index (χ4v) is 3.98. The van der Waals surface area contributed by atoms with E-state index in [1.807, 2.05) is 84.9 Å². The van der Waals surface area contributed by atoms with Gasteiger partial charge in [0.15, 0.2) is 6.04 Å². The van der Waals surface area contributed by atoms with Crippen molar-refractivity contribution in [3.8, 4) is 0 Å². The number of carbonyl (C=O) groups excluding carboxylic acids is 3. The van der Waals surface area contributed by atoms with Crippen molar-refractivity contribution in [3.05, 3.63) is 107 Å². The molecule has 0 aromatic heterocycles. The van der Waals surface area contributed by atoms with Crippen molar-refractivity contribution in [1.82, 2.24) is 5.32 Å². The zero-order valence-electron chi connectivity index (χ0n) is 23.0. The Kier molecular flexibility index (Phi) is 11.1. The number of esters is 2. The van der Waals surface area contributed by atoms with Gasteiger partial charge in [-0.15, -0.1) is 0 Å². The fourth-order valence-electron chi connectivity index (χ4n) is 3.98. The van der Waals surface area contributed by atoms with Gasteiger partial charge in [0.1, 0.15) is 19.3 Å². The second-order valence-electron chi connectivity index (χ2n) is 9.98. The lowest BCUT2D eigenvalue weighted by Crippen LogP contribution is -2.50. The molecular formula is C32H37NO6. The van der Waals surface area contributed by atoms with Crippen LogP contribution in [0.15, 0.2) is 84.9 Å². The maximum Gasteiger partial charge on any atom is 0.408 e. The van der Waals surface area contributed by atoms with Crippen molar-refractivity contribution >= 4 is 18.0 Å². The largest absolute Gasteiger partial charge is 0.459 e. The van der Waals surface area contributed by atoms with Crippen LogP contribution >= 0.6 is 0 Å². The summed E-state index contributed by atoms with van der Waals surface area (Å²) in [5, 5.41) is 2.52. The number of carbonyl (C=O) groups is 3. The van der Waals surface area contributed by atoms with E-state index in [1.165, 1.54) is 5.56 Å². The number of hydrogen-bond acceptors (Lipinski definition) is 6. The third-order valence-corrected chi connectivity index (χ3v) is 6.21. The molecule has 0 spiro atoms. The van der Waals surface area contributed by atoms with Gasteiger partial charge in [-0.1, -0.05) is 98.8 Å². The highest BCUT2D eigenvalue weighted by atomic mass is 16.6. The number of hydrogen-bond donors (Lipinski definition) is 1. The molecule has 0 heterocycles. The van der Waals surface area contributed by atoms with Crippen LogP contribution in [-0.2, 0) is 43.4 Å². The minimum Gasteiger partial charge on any atom is -0.459 e. The molecule has 0 aliphatic rings. The van der Waals surface area contributed by atoms with E-state index in [0.29, 0.717) is 5.92 Å². The summed E-state index contributed by atoms with van der Waals surface area (Å²) in [6.45, 7) is 7.64. The van der Waals surface area contributed by atoms with Gasteiger partial charge in [-0.25, -0.2) is 9.59 Å². The van der Waals surface area contributed by atoms with E-state index >= 15 is 0 Å². The number of amides is 1. The highest BCUT2D eigenvalue weighted by molar-refractivity contribution is 5.83. The molecule has 0 bridgehead atoms. The first kappa shape index (κ1) is 29.4. The van der Waals surface area contributed by atoms with Crippen molar-refractivity contribution in [2.75, 3.05) is 0 Å². The molecule has 0 saturated heterocycles. The Bertz CT molecular complexity index is 1190. The molecule has 39 heavy (non-hydrogen) atoms. The molecule has 3 atom stereocenters. The van der Waals surface area contributed by atoms with Crippen LogP contribution in [0.1, 0.15) is 55.9 Å². The molecule has 0 saturated carbocycles. The summed E-state index contributed by atoms with van der Waals surface area (Å²) in [7, 11) is 0. The predicted molar refractivity (Wildman–Crippen MR) is 149 cm³/mol. The van der Waals surface area contributed by atoms with Gasteiger partial charge < -0.3 is 19.5 Å². The number of ether oxygens (including phenoxy) is 3. The first-order chi connectivity index (χ1) is 18.7. The monoisotopic (exact) mass is 531 g/mol. The Labute approximate surface area is 230 Å². The van der Waals surface area contributed by atoms with Crippen LogP contribution in [0.5, 0.6) is 0 Å². The highest BCUT2D eigenvalue weighted by Gasteiger charge is 2.33. The number of rotatable bonds is 12. The van der Waals surface area contributed by atoms with E-state index in [4.69, 9.17) is 14.2 Å². The van der Waals surface area contributed by atoms with Crippen molar-refractivity contribution in [3.63, 3.8) is 0 Å². The zero-order valence-corrected chi connectivity index (χ0v) is 23.0. The molecule has 7 heteroatoms. The van der Waals surface area contributed by atoms with Gasteiger partial charge in [0, 0.05) is 0 Å². The summed E-state index contributed by atoms with van der Waals surface area (Å²) in [5.41, 5.74) is 3.58. The van der Waals surface area contributed by atoms with Gasteiger partial charge in [0.05, 0.1) is 5.92 Å². The summed E-state index contributed by atoms with van der Waals surface area (Å²) >= 11 is 0. The van der Waals surface area contributed by atoms with E-state index in [1.54, 1.807) is 13.8 Å². The summed E-state index contributed by atoms with van der Waals surface area (Å²) in [6, 6.07) is 24.9. The Morgan fingerprint density at radius 1 is 0.667 bits per heavy atom. The third-order valence-electron chi connectivity index (χ3n) is 6.21. The molecule has 1 N–H and O–H groups in total. The Morgan fingerprint density at radius 3 is 1.74 bits per heavy atom. The van der Waals surface area contributed by atoms with Crippen LogP contribution in [0.2, 0.25) is 0 Å². The van der Waals surface area contributed by atoms with Gasteiger partial charge >= 0.3 is 18.0 Å². The van der Waals surface area contributed by atoms with Crippen molar-refractivity contribution in [2.45, 2.75) is 65.4 Å². The quantitative estimate of drug-likeness (QED) is 0.229. The molecule has 3 rings (SSSR count). The lowest BCUT2D eigenvalue weighted by molar-refractivity contribution is -0.159. The fraction of sp³-hybridized carbons (Fsp3) is 0.344. The van der Waals surface area contributed by atoms with Gasteiger partial charge in [0.2, 0.25) is 0 Å².